The SMILES string of the molecule is CN(C)C(=O)N1CCC(NCC(F)F)CC1. The lowest BCUT2D eigenvalue weighted by Gasteiger charge is -2.34. The highest BCUT2D eigenvalue weighted by Gasteiger charge is 2.23. The molecule has 94 valence electrons. The average Bonchev–Trinajstić information content (AvgIpc) is 2.26. The van der Waals surface area contributed by atoms with Crippen LogP contribution in [0.25, 0.3) is 0 Å². The van der Waals surface area contributed by atoms with Gasteiger partial charge in [-0.3, -0.25) is 0 Å². The fraction of sp³-hybridized carbons (Fsp3) is 0.900. The Balaban J connectivity index is 2.26. The number of hydrogen-bond acceptors (Lipinski definition) is 2. The molecule has 0 bridgehead atoms. The van der Waals surface area contributed by atoms with Crippen LogP contribution in [0.15, 0.2) is 0 Å². The Labute approximate surface area is 94.6 Å². The first-order valence-electron chi connectivity index (χ1n) is 5.48. The number of alkyl halides is 2. The van der Waals surface area contributed by atoms with Gasteiger partial charge in [-0.1, -0.05) is 0 Å². The molecule has 0 atom stereocenters. The lowest BCUT2D eigenvalue weighted by Crippen LogP contribution is -2.48. The molecule has 4 nitrogen and oxygen atoms in total. The molecule has 2 amide bonds. The number of urea groups is 1. The number of likely N-dealkylation sites (tertiary alicyclic amines) is 1. The van der Waals surface area contributed by atoms with Crippen LogP contribution in [0.4, 0.5) is 13.6 Å². The van der Waals surface area contributed by atoms with E-state index in [1.165, 1.54) is 4.90 Å². The molecule has 1 aliphatic heterocycles. The molecule has 0 aromatic carbocycles. The molecule has 6 heteroatoms. The summed E-state index contributed by atoms with van der Waals surface area (Å²) in [5.41, 5.74) is 0. The zero-order valence-electron chi connectivity index (χ0n) is 9.75. The van der Waals surface area contributed by atoms with E-state index in [2.05, 4.69) is 5.32 Å². The molecule has 1 heterocycles. The van der Waals surface area contributed by atoms with E-state index in [1.807, 2.05) is 0 Å². The summed E-state index contributed by atoms with van der Waals surface area (Å²) in [6.07, 6.45) is -0.820. The van der Waals surface area contributed by atoms with Gasteiger partial charge in [-0.05, 0) is 12.8 Å². The second-order valence-electron chi connectivity index (χ2n) is 4.24. The highest BCUT2D eigenvalue weighted by molar-refractivity contribution is 5.73. The van der Waals surface area contributed by atoms with Crippen LogP contribution in [-0.2, 0) is 0 Å². The first kappa shape index (κ1) is 13.2. The molecule has 1 N–H and O–H groups in total. The van der Waals surface area contributed by atoms with Crippen molar-refractivity contribution in [1.29, 1.82) is 0 Å². The van der Waals surface area contributed by atoms with Crippen molar-refractivity contribution >= 4 is 6.03 Å². The van der Waals surface area contributed by atoms with Gasteiger partial charge >= 0.3 is 6.03 Å². The van der Waals surface area contributed by atoms with Crippen molar-refractivity contribution in [3.05, 3.63) is 0 Å². The second kappa shape index (κ2) is 5.98. The Hall–Kier alpha value is -0.910. The molecule has 0 aromatic rings. The summed E-state index contributed by atoms with van der Waals surface area (Å²) < 4.78 is 23.9. The number of nitrogens with one attached hydrogen (secondary N) is 1. The van der Waals surface area contributed by atoms with Crippen LogP contribution in [0.5, 0.6) is 0 Å². The van der Waals surface area contributed by atoms with Gasteiger partial charge in [0.25, 0.3) is 6.43 Å². The minimum atomic E-state index is -2.30. The van der Waals surface area contributed by atoms with E-state index < -0.39 is 6.43 Å². The zero-order chi connectivity index (χ0) is 12.1. The predicted octanol–water partition coefficient (Wildman–Crippen LogP) is 0.987. The molecule has 0 aliphatic carbocycles. The topological polar surface area (TPSA) is 35.6 Å². The fourth-order valence-electron chi connectivity index (χ4n) is 1.81. The largest absolute Gasteiger partial charge is 0.331 e. The van der Waals surface area contributed by atoms with Crippen LogP contribution in [0.1, 0.15) is 12.8 Å². The van der Waals surface area contributed by atoms with Gasteiger partial charge in [-0.25, -0.2) is 13.6 Å². The molecule has 1 saturated heterocycles. The van der Waals surface area contributed by atoms with Crippen molar-refractivity contribution in [3.8, 4) is 0 Å². The summed E-state index contributed by atoms with van der Waals surface area (Å²) in [7, 11) is 3.42. The van der Waals surface area contributed by atoms with Crippen molar-refractivity contribution in [2.24, 2.45) is 0 Å². The minimum Gasteiger partial charge on any atom is -0.331 e. The molecule has 0 unspecified atom stereocenters. The van der Waals surface area contributed by atoms with Crippen LogP contribution in [0.2, 0.25) is 0 Å². The quantitative estimate of drug-likeness (QED) is 0.791. The van der Waals surface area contributed by atoms with Crippen molar-refractivity contribution in [2.45, 2.75) is 25.3 Å². The van der Waals surface area contributed by atoms with Crippen molar-refractivity contribution in [2.75, 3.05) is 33.7 Å². The van der Waals surface area contributed by atoms with Gasteiger partial charge < -0.3 is 15.1 Å². The molecule has 0 radical (unpaired) electrons. The molecule has 0 spiro atoms. The zero-order valence-corrected chi connectivity index (χ0v) is 9.75. The summed E-state index contributed by atoms with van der Waals surface area (Å²) in [5, 5.41) is 2.81. The van der Waals surface area contributed by atoms with E-state index in [-0.39, 0.29) is 18.6 Å². The van der Waals surface area contributed by atoms with Crippen LogP contribution in [0, 0.1) is 0 Å². The summed E-state index contributed by atoms with van der Waals surface area (Å²) in [4.78, 5) is 14.9. The fourth-order valence-corrected chi connectivity index (χ4v) is 1.81. The molecular weight excluding hydrogens is 216 g/mol. The van der Waals surface area contributed by atoms with Crippen molar-refractivity contribution in [1.82, 2.24) is 15.1 Å². The monoisotopic (exact) mass is 235 g/mol. The van der Waals surface area contributed by atoms with E-state index in [0.717, 1.165) is 12.8 Å². The number of hydrogen-bond donors (Lipinski definition) is 1. The van der Waals surface area contributed by atoms with E-state index in [4.69, 9.17) is 0 Å². The first-order chi connectivity index (χ1) is 7.50. The highest BCUT2D eigenvalue weighted by atomic mass is 19.3. The van der Waals surface area contributed by atoms with Gasteiger partial charge in [-0.2, -0.15) is 0 Å². The van der Waals surface area contributed by atoms with Crippen LogP contribution < -0.4 is 5.32 Å². The van der Waals surface area contributed by atoms with Crippen LogP contribution in [-0.4, -0.2) is 62.0 Å². The van der Waals surface area contributed by atoms with Crippen molar-refractivity contribution in [3.63, 3.8) is 0 Å². The molecule has 1 rings (SSSR count). The van der Waals surface area contributed by atoms with E-state index in [1.54, 1.807) is 19.0 Å². The molecule has 1 fully saturated rings. The Kier molecular flexibility index (Phi) is 4.92. The number of amides is 2. The third kappa shape index (κ3) is 3.92. The normalized spacial score (nSPS) is 17.9. The van der Waals surface area contributed by atoms with Gasteiger partial charge in [0.2, 0.25) is 0 Å². The smallest absolute Gasteiger partial charge is 0.319 e. The standard InChI is InChI=1S/C10H19F2N3O/c1-14(2)10(16)15-5-3-8(4-6-15)13-7-9(11)12/h8-9,13H,3-7H2,1-2H3. The number of rotatable bonds is 3. The first-order valence-corrected chi connectivity index (χ1v) is 5.48. The van der Waals surface area contributed by atoms with Crippen LogP contribution in [0.3, 0.4) is 0 Å². The maximum atomic E-state index is 12.0. The number of carbonyl (C=O) groups excluding carboxylic acids is 1. The summed E-state index contributed by atoms with van der Waals surface area (Å²) >= 11 is 0. The predicted molar refractivity (Wildman–Crippen MR) is 57.7 cm³/mol. The lowest BCUT2D eigenvalue weighted by atomic mass is 10.1. The summed E-state index contributed by atoms with van der Waals surface area (Å²) in [6.45, 7) is 1.02. The average molecular weight is 235 g/mol. The Morgan fingerprint density at radius 3 is 2.44 bits per heavy atom. The maximum Gasteiger partial charge on any atom is 0.319 e. The minimum absolute atomic E-state index is 0.00712. The van der Waals surface area contributed by atoms with Gasteiger partial charge in [-0.15, -0.1) is 0 Å². The van der Waals surface area contributed by atoms with Gasteiger partial charge in [0.15, 0.2) is 0 Å². The number of halogens is 2. The third-order valence-electron chi connectivity index (χ3n) is 2.71. The molecule has 0 saturated carbocycles. The molecule has 16 heavy (non-hydrogen) atoms. The number of piperidine rings is 1. The Bertz CT molecular complexity index is 228. The van der Waals surface area contributed by atoms with E-state index >= 15 is 0 Å². The third-order valence-corrected chi connectivity index (χ3v) is 2.71. The Morgan fingerprint density at radius 2 is 2.00 bits per heavy atom. The van der Waals surface area contributed by atoms with Gasteiger partial charge in [0.1, 0.15) is 0 Å². The van der Waals surface area contributed by atoms with Crippen molar-refractivity contribution < 1.29 is 13.6 Å². The maximum absolute atomic E-state index is 12.0. The lowest BCUT2D eigenvalue weighted by molar-refractivity contribution is 0.126. The van der Waals surface area contributed by atoms with Gasteiger partial charge in [0, 0.05) is 33.2 Å². The molecule has 0 aromatic heterocycles. The van der Waals surface area contributed by atoms with Gasteiger partial charge in [0.05, 0.1) is 6.54 Å². The van der Waals surface area contributed by atoms with E-state index in [0.29, 0.717) is 13.1 Å². The number of carbonyl (C=O) groups is 1. The second-order valence-corrected chi connectivity index (χ2v) is 4.24. The Morgan fingerprint density at radius 1 is 1.44 bits per heavy atom. The summed E-state index contributed by atoms with van der Waals surface area (Å²) in [5.74, 6) is 0. The highest BCUT2D eigenvalue weighted by Crippen LogP contribution is 2.11. The van der Waals surface area contributed by atoms with Crippen LogP contribution >= 0.6 is 0 Å². The number of nitrogens with zero attached hydrogens (tertiary/aromatic N) is 2. The summed E-state index contributed by atoms with van der Waals surface area (Å²) in [6, 6.07) is 0.104. The molecule has 1 aliphatic rings. The van der Waals surface area contributed by atoms with E-state index in [9.17, 15) is 13.6 Å². The molecular formula is C10H19F2N3O.